The van der Waals surface area contributed by atoms with Crippen LogP contribution in [0.25, 0.3) is 11.4 Å². The van der Waals surface area contributed by atoms with Crippen LogP contribution in [-0.2, 0) is 62.5 Å². The van der Waals surface area contributed by atoms with Gasteiger partial charge in [-0.25, -0.2) is 9.59 Å². The number of allylic oxidation sites excluding steroid dienone is 1. The van der Waals surface area contributed by atoms with Crippen molar-refractivity contribution in [1.29, 1.82) is 0 Å². The number of nitrogens with zero attached hydrogens (tertiary/aromatic N) is 2. The summed E-state index contributed by atoms with van der Waals surface area (Å²) in [5.74, 6) is -2.44. The predicted molar refractivity (Wildman–Crippen MR) is 377 cm³/mol. The molecule has 18 heteroatoms. The number of ether oxygens (including phenoxy) is 3. The Morgan fingerprint density at radius 1 is 0.613 bits per heavy atom. The van der Waals surface area contributed by atoms with E-state index >= 15 is 9.59 Å². The second-order valence-electron chi connectivity index (χ2n) is 34.7. The van der Waals surface area contributed by atoms with Gasteiger partial charge in [-0.05, 0) is 167 Å². The third-order valence-corrected chi connectivity index (χ3v) is 20.7. The van der Waals surface area contributed by atoms with Crippen molar-refractivity contribution in [1.82, 2.24) is 4.98 Å². The summed E-state index contributed by atoms with van der Waals surface area (Å²) in [5, 5.41) is 24.4. The summed E-state index contributed by atoms with van der Waals surface area (Å²) in [5.41, 5.74) is -0.785. The van der Waals surface area contributed by atoms with Gasteiger partial charge in [-0.2, -0.15) is 0 Å². The molecule has 1 aromatic rings. The van der Waals surface area contributed by atoms with Gasteiger partial charge in [0.05, 0.1) is 27.1 Å². The quantitative estimate of drug-likeness (QED) is 0.0436. The number of thioether (sulfide) groups is 1. The van der Waals surface area contributed by atoms with Gasteiger partial charge in [0.25, 0.3) is 0 Å². The van der Waals surface area contributed by atoms with Crippen molar-refractivity contribution in [3.8, 4) is 0 Å². The number of H-pyrrole nitrogens is 1. The Morgan fingerprint density at radius 2 is 1.00 bits per heavy atom. The first kappa shape index (κ1) is 86.7. The van der Waals surface area contributed by atoms with Gasteiger partial charge in [-0.1, -0.05) is 166 Å². The number of carbonyl (C=O) groups is 7. The molecule has 4 N–H and O–H groups in total. The number of aliphatic imine (C=N–C) groups is 1. The van der Waals surface area contributed by atoms with Crippen molar-refractivity contribution >= 4 is 71.2 Å². The number of amidine groups is 1. The Morgan fingerprint density at radius 3 is 1.32 bits per heavy atom. The Labute approximate surface area is 579 Å². The van der Waals surface area contributed by atoms with Crippen molar-refractivity contribution < 1.29 is 77.5 Å². The van der Waals surface area contributed by atoms with Crippen LogP contribution < -0.4 is 5.32 Å². The molecule has 4 rings (SSSR count). The van der Waals surface area contributed by atoms with Crippen molar-refractivity contribution in [3.63, 3.8) is 0 Å². The average Bonchev–Trinajstić information content (AvgIpc) is 1.74. The second kappa shape index (κ2) is 33.8. The molecule has 0 saturated heterocycles. The molecule has 2 saturated carbocycles. The first-order chi connectivity index (χ1) is 41.5. The fourth-order valence-electron chi connectivity index (χ4n) is 11.8. The molecule has 16 nitrogen and oxygen atoms in total. The maximum Gasteiger partial charge on any atom is 0.342 e. The maximum atomic E-state index is 15.4. The SMILES string of the molecule is CCC(C)(C)C(=O)O.CCC(C)(C)C(=O)O.CCC(C)(C)C(=O)OCCSC(C)C(=O)Nc1[nH]c(C=C2[N-]C(=NC(=O)C(C)(C)C)C(C(=O)OC3C(C(C)(C)C)CC(C)CC3C(C)(C)C)=C2C(C)C)c(C(C)C)c1C(=O)OC1C(C(C)(C)C)CC(C)CC1C(C)(C)C.[Zn]. The molecule has 1 aromatic heterocycles. The van der Waals surface area contributed by atoms with E-state index in [1.165, 1.54) is 11.8 Å². The number of amides is 2. The third-order valence-electron chi connectivity index (χ3n) is 19.6. The minimum absolute atomic E-state index is 0. The molecule has 93 heavy (non-hydrogen) atoms. The van der Waals surface area contributed by atoms with E-state index in [-0.39, 0.29) is 118 Å². The molecular formula is C75H127N4O12SZn-. The number of hydrogen-bond acceptors (Lipinski definition) is 11. The first-order valence-corrected chi connectivity index (χ1v) is 35.1. The number of nitrogens with one attached hydrogen (secondary N) is 2. The summed E-state index contributed by atoms with van der Waals surface area (Å²) in [7, 11) is 0. The van der Waals surface area contributed by atoms with Crippen molar-refractivity contribution in [2.24, 2.45) is 89.7 Å². The number of esters is 3. The van der Waals surface area contributed by atoms with Crippen LogP contribution in [0.3, 0.4) is 0 Å². The van der Waals surface area contributed by atoms with E-state index in [9.17, 15) is 24.0 Å². The zero-order valence-electron chi connectivity index (χ0n) is 63.8. The minimum atomic E-state index is -0.872. The van der Waals surface area contributed by atoms with E-state index in [1.54, 1.807) is 55.4 Å². The predicted octanol–water partition coefficient (Wildman–Crippen LogP) is 18.8. The van der Waals surface area contributed by atoms with Crippen LogP contribution >= 0.6 is 11.8 Å². The number of aromatic nitrogens is 1. The summed E-state index contributed by atoms with van der Waals surface area (Å²) in [6.07, 6.45) is 6.65. The molecule has 528 valence electrons. The van der Waals surface area contributed by atoms with Crippen LogP contribution in [0.5, 0.6) is 0 Å². The summed E-state index contributed by atoms with van der Waals surface area (Å²) in [6.45, 7) is 62.7. The number of carboxylic acids is 2. The third kappa shape index (κ3) is 24.0. The second-order valence-corrected chi connectivity index (χ2v) is 36.1. The molecule has 0 bridgehead atoms. The number of aromatic amines is 1. The Balaban J connectivity index is 0.00000224. The molecule has 2 heterocycles. The van der Waals surface area contributed by atoms with Gasteiger partial charge in [0.15, 0.2) is 5.91 Å². The van der Waals surface area contributed by atoms with Crippen LogP contribution in [0, 0.1) is 84.7 Å². The van der Waals surface area contributed by atoms with E-state index < -0.39 is 68.9 Å². The molecule has 3 aliphatic rings. The van der Waals surface area contributed by atoms with Crippen LogP contribution in [-0.4, -0.2) is 92.5 Å². The normalized spacial score (nSPS) is 23.0. The fourth-order valence-corrected chi connectivity index (χ4v) is 12.6. The number of carbonyl (C=O) groups excluding carboxylic acids is 5. The van der Waals surface area contributed by atoms with Gasteiger partial charge in [0.1, 0.15) is 30.2 Å². The van der Waals surface area contributed by atoms with E-state index in [4.69, 9.17) is 29.7 Å². The maximum absolute atomic E-state index is 15.4. The van der Waals surface area contributed by atoms with E-state index in [2.05, 4.69) is 112 Å². The van der Waals surface area contributed by atoms with Gasteiger partial charge >= 0.3 is 29.8 Å². The van der Waals surface area contributed by atoms with Crippen molar-refractivity contribution in [3.05, 3.63) is 39.0 Å². The Kier molecular flexibility index (Phi) is 31.5. The molecule has 5 unspecified atom stereocenters. The molecule has 0 radical (unpaired) electrons. The van der Waals surface area contributed by atoms with Gasteiger partial charge in [0.2, 0.25) is 5.91 Å². The number of rotatable bonds is 19. The van der Waals surface area contributed by atoms with Crippen molar-refractivity contribution in [2.45, 2.75) is 283 Å². The van der Waals surface area contributed by atoms with Crippen LogP contribution in [0.2, 0.25) is 0 Å². The fraction of sp³-hybridized carbons (Fsp3) is 0.787. The topological polar surface area (TPSA) is 242 Å². The average molecular weight is 1370 g/mol. The molecule has 2 aliphatic carbocycles. The summed E-state index contributed by atoms with van der Waals surface area (Å²) in [6, 6.07) is 0. The van der Waals surface area contributed by atoms with E-state index in [0.29, 0.717) is 59.4 Å². The molecule has 0 spiro atoms. The monoisotopic (exact) mass is 1370 g/mol. The minimum Gasteiger partial charge on any atom is -0.481 e. The van der Waals surface area contributed by atoms with Gasteiger partial charge < -0.3 is 45.0 Å². The standard InChI is InChI=1S/C63H104N4O8S.2C6H12O2.Zn/c1-26-63(24,25)57(72)73-27-28-76-38(8)53(68)66-51-47(54(69)74-49-39(58(9,10)11)29-36(6)30-40(49)59(12,13)14)45(34(2)3)43(64-51)33-44-46(35(4)5)48(52(65-44)67-56(71)62(21,22)23)55(70)75-50-41(60(15,16)17)31-37(7)32-42(50)61(18,19)20;2*1-4-6(2,3)5(7)8;/h33-42,49-50H,26-32H2,1-25H3,(H3,64,65,66,67,68,69,70,71);2*4H2,1-3H3,(H,7,8);/p-1. The zero-order chi connectivity index (χ0) is 71.7. The van der Waals surface area contributed by atoms with Crippen LogP contribution in [0.1, 0.15) is 287 Å². The largest absolute Gasteiger partial charge is 0.481 e. The molecule has 2 amide bonds. The summed E-state index contributed by atoms with van der Waals surface area (Å²) >= 11 is 1.35. The number of carboxylic acid groups (broad SMARTS) is 2. The summed E-state index contributed by atoms with van der Waals surface area (Å²) < 4.78 is 19.3. The zero-order valence-corrected chi connectivity index (χ0v) is 67.6. The Bertz CT molecular complexity index is 2770. The molecule has 1 aliphatic heterocycles. The first-order valence-electron chi connectivity index (χ1n) is 34.1. The van der Waals surface area contributed by atoms with Crippen molar-refractivity contribution in [2.75, 3.05) is 17.7 Å². The summed E-state index contributed by atoms with van der Waals surface area (Å²) in [4.78, 5) is 100. The number of anilines is 1. The molecular weight excluding hydrogens is 1250 g/mol. The molecule has 2 fully saturated rings. The van der Waals surface area contributed by atoms with Gasteiger partial charge in [0, 0.05) is 60.0 Å². The number of hydrogen-bond donors (Lipinski definition) is 4. The van der Waals surface area contributed by atoms with Crippen LogP contribution in [0.15, 0.2) is 21.8 Å². The number of aliphatic carboxylic acids is 2. The Hall–Kier alpha value is -4.31. The van der Waals surface area contributed by atoms with E-state index in [0.717, 1.165) is 25.7 Å². The smallest absolute Gasteiger partial charge is 0.342 e. The van der Waals surface area contributed by atoms with Crippen LogP contribution in [0.4, 0.5) is 5.82 Å². The molecule has 0 aromatic carbocycles. The van der Waals surface area contributed by atoms with Gasteiger partial charge in [-0.15, -0.1) is 11.8 Å². The molecule has 5 atom stereocenters. The van der Waals surface area contributed by atoms with Gasteiger partial charge in [-0.3, -0.25) is 24.0 Å². The van der Waals surface area contributed by atoms with E-state index in [1.807, 2.05) is 68.4 Å².